The normalized spacial score (nSPS) is 10.5. The molecule has 0 saturated heterocycles. The number of aromatic carboxylic acids is 1. The van der Waals surface area contributed by atoms with E-state index in [0.717, 1.165) is 0 Å². The molecule has 0 aliphatic heterocycles. The van der Waals surface area contributed by atoms with Gasteiger partial charge >= 0.3 is 12.0 Å². The van der Waals surface area contributed by atoms with Gasteiger partial charge in [0.05, 0.1) is 11.1 Å². The van der Waals surface area contributed by atoms with Gasteiger partial charge in [0, 0.05) is 28.8 Å². The quantitative estimate of drug-likeness (QED) is 0.438. The van der Waals surface area contributed by atoms with Gasteiger partial charge in [0.2, 0.25) is 0 Å². The Kier molecular flexibility index (Phi) is 5.04. The Morgan fingerprint density at radius 2 is 1.79 bits per heavy atom. The molecule has 4 rings (SSSR count). The number of anilines is 2. The lowest BCUT2D eigenvalue weighted by molar-refractivity contribution is 0.0697. The zero-order valence-corrected chi connectivity index (χ0v) is 15.6. The van der Waals surface area contributed by atoms with Gasteiger partial charge < -0.3 is 15.2 Å². The van der Waals surface area contributed by atoms with E-state index >= 15 is 0 Å². The van der Waals surface area contributed by atoms with Crippen LogP contribution in [0.1, 0.15) is 10.4 Å². The molecular weight excluding hydrogens is 392 g/mol. The molecule has 0 aliphatic rings. The molecule has 2 aromatic heterocycles. The largest absolute Gasteiger partial charge is 0.478 e. The van der Waals surface area contributed by atoms with Crippen LogP contribution < -0.4 is 15.4 Å². The molecule has 2 heterocycles. The lowest BCUT2D eigenvalue weighted by atomic mass is 10.1. The first-order chi connectivity index (χ1) is 14.1. The molecule has 9 heteroatoms. The summed E-state index contributed by atoms with van der Waals surface area (Å²) in [6, 6.07) is 12.7. The van der Waals surface area contributed by atoms with E-state index in [0.29, 0.717) is 33.2 Å². The maximum Gasteiger partial charge on any atom is 0.335 e. The number of aromatic nitrogens is 2. The summed E-state index contributed by atoms with van der Waals surface area (Å²) in [6.45, 7) is 0. The molecule has 0 spiro atoms. The van der Waals surface area contributed by atoms with Crippen molar-refractivity contribution in [2.75, 3.05) is 10.6 Å². The summed E-state index contributed by atoms with van der Waals surface area (Å²) in [5.74, 6) is -0.00223. The van der Waals surface area contributed by atoms with Gasteiger partial charge in [-0.25, -0.2) is 14.6 Å². The number of carboxylic acids is 1. The molecule has 0 unspecified atom stereocenters. The minimum atomic E-state index is -1.02. The Morgan fingerprint density at radius 1 is 0.966 bits per heavy atom. The van der Waals surface area contributed by atoms with E-state index in [4.69, 9.17) is 4.74 Å². The van der Waals surface area contributed by atoms with Crippen LogP contribution in [-0.2, 0) is 0 Å². The van der Waals surface area contributed by atoms with Gasteiger partial charge in [-0.05, 0) is 48.5 Å². The van der Waals surface area contributed by atoms with Crippen LogP contribution in [0.5, 0.6) is 11.5 Å². The first-order valence-electron chi connectivity index (χ1n) is 8.46. The van der Waals surface area contributed by atoms with Crippen LogP contribution in [0.3, 0.4) is 0 Å². The molecule has 0 bridgehead atoms. The summed E-state index contributed by atoms with van der Waals surface area (Å²) in [5.41, 5.74) is 1.37. The molecular formula is C20H14N4O4S. The number of thiazole rings is 1. The second-order valence-corrected chi connectivity index (χ2v) is 6.78. The fourth-order valence-electron chi connectivity index (χ4n) is 2.62. The first-order valence-corrected chi connectivity index (χ1v) is 9.34. The molecule has 4 aromatic rings. The zero-order valence-electron chi connectivity index (χ0n) is 14.8. The third kappa shape index (κ3) is 4.30. The predicted octanol–water partition coefficient (Wildman–Crippen LogP) is 4.83. The summed E-state index contributed by atoms with van der Waals surface area (Å²) in [7, 11) is 0. The van der Waals surface area contributed by atoms with Gasteiger partial charge in [-0.15, -0.1) is 11.3 Å². The van der Waals surface area contributed by atoms with Gasteiger partial charge in [0.1, 0.15) is 11.5 Å². The third-order valence-corrected chi connectivity index (χ3v) is 4.63. The topological polar surface area (TPSA) is 113 Å². The number of nitrogens with zero attached hydrogens (tertiary/aromatic N) is 2. The van der Waals surface area contributed by atoms with Crippen LogP contribution in [0.15, 0.2) is 66.3 Å². The molecule has 8 nitrogen and oxygen atoms in total. The molecule has 0 saturated carbocycles. The van der Waals surface area contributed by atoms with Crippen molar-refractivity contribution in [2.24, 2.45) is 0 Å². The van der Waals surface area contributed by atoms with E-state index in [1.807, 2.05) is 0 Å². The van der Waals surface area contributed by atoms with E-state index in [9.17, 15) is 14.7 Å². The fourth-order valence-corrected chi connectivity index (χ4v) is 3.14. The number of urea groups is 1. The SMILES string of the molecule is O=C(Nc1ccc(Oc2ccnc3ccc(C(=O)O)cc23)cc1)Nc1nccs1. The molecule has 144 valence electrons. The van der Waals surface area contributed by atoms with Crippen molar-refractivity contribution in [1.82, 2.24) is 9.97 Å². The van der Waals surface area contributed by atoms with Crippen molar-refractivity contribution in [1.29, 1.82) is 0 Å². The summed E-state index contributed by atoms with van der Waals surface area (Å²) in [5, 5.41) is 17.4. The van der Waals surface area contributed by atoms with Gasteiger partial charge in [-0.3, -0.25) is 10.3 Å². The Morgan fingerprint density at radius 3 is 2.52 bits per heavy atom. The number of fused-ring (bicyclic) bond motifs is 1. The monoisotopic (exact) mass is 406 g/mol. The van der Waals surface area contributed by atoms with E-state index in [1.54, 1.807) is 54.2 Å². The molecule has 0 atom stereocenters. The highest BCUT2D eigenvalue weighted by atomic mass is 32.1. The van der Waals surface area contributed by atoms with Crippen molar-refractivity contribution in [2.45, 2.75) is 0 Å². The second kappa shape index (κ2) is 7.95. The smallest absolute Gasteiger partial charge is 0.335 e. The number of hydrogen-bond donors (Lipinski definition) is 3. The van der Waals surface area contributed by atoms with Crippen molar-refractivity contribution >= 4 is 45.1 Å². The maximum atomic E-state index is 11.9. The van der Waals surface area contributed by atoms with Crippen LogP contribution in [0.4, 0.5) is 15.6 Å². The number of rotatable bonds is 5. The number of pyridine rings is 1. The summed E-state index contributed by atoms with van der Waals surface area (Å²) < 4.78 is 5.90. The Balaban J connectivity index is 1.49. The zero-order chi connectivity index (χ0) is 20.2. The lowest BCUT2D eigenvalue weighted by Crippen LogP contribution is -2.19. The number of carboxylic acid groups (broad SMARTS) is 1. The molecule has 0 radical (unpaired) electrons. The molecule has 2 amide bonds. The molecule has 3 N–H and O–H groups in total. The van der Waals surface area contributed by atoms with Crippen molar-refractivity contribution in [3.05, 3.63) is 71.9 Å². The number of carbonyl (C=O) groups is 2. The van der Waals surface area contributed by atoms with Crippen LogP contribution in [0, 0.1) is 0 Å². The van der Waals surface area contributed by atoms with E-state index in [2.05, 4.69) is 20.6 Å². The van der Waals surface area contributed by atoms with Crippen LogP contribution in [-0.4, -0.2) is 27.1 Å². The summed E-state index contributed by atoms with van der Waals surface area (Å²) >= 11 is 1.32. The molecule has 29 heavy (non-hydrogen) atoms. The Bertz CT molecular complexity index is 1180. The minimum absolute atomic E-state index is 0.154. The number of amides is 2. The predicted molar refractivity (Wildman–Crippen MR) is 110 cm³/mol. The maximum absolute atomic E-state index is 11.9. The van der Waals surface area contributed by atoms with Crippen molar-refractivity contribution in [3.8, 4) is 11.5 Å². The van der Waals surface area contributed by atoms with Crippen LogP contribution >= 0.6 is 11.3 Å². The number of ether oxygens (including phenoxy) is 1. The van der Waals surface area contributed by atoms with Crippen molar-refractivity contribution < 1.29 is 19.4 Å². The van der Waals surface area contributed by atoms with Crippen LogP contribution in [0.25, 0.3) is 10.9 Å². The molecule has 0 aliphatic carbocycles. The Labute approximate surface area is 168 Å². The number of benzene rings is 2. The number of hydrogen-bond acceptors (Lipinski definition) is 6. The highest BCUT2D eigenvalue weighted by Crippen LogP contribution is 2.30. The fraction of sp³-hybridized carbons (Fsp3) is 0. The second-order valence-electron chi connectivity index (χ2n) is 5.89. The first kappa shape index (κ1) is 18.4. The van der Waals surface area contributed by atoms with E-state index in [1.165, 1.54) is 23.5 Å². The molecule has 2 aromatic carbocycles. The highest BCUT2D eigenvalue weighted by Gasteiger charge is 2.10. The van der Waals surface area contributed by atoms with Gasteiger partial charge in [-0.2, -0.15) is 0 Å². The lowest BCUT2D eigenvalue weighted by Gasteiger charge is -2.10. The minimum Gasteiger partial charge on any atom is -0.478 e. The van der Waals surface area contributed by atoms with Crippen LogP contribution in [0.2, 0.25) is 0 Å². The summed E-state index contributed by atoms with van der Waals surface area (Å²) in [4.78, 5) is 31.4. The van der Waals surface area contributed by atoms with E-state index in [-0.39, 0.29) is 5.56 Å². The Hall–Kier alpha value is -3.98. The number of carbonyl (C=O) groups excluding carboxylic acids is 1. The number of nitrogens with one attached hydrogen (secondary N) is 2. The molecule has 0 fully saturated rings. The van der Waals surface area contributed by atoms with Gasteiger partial charge in [0.15, 0.2) is 5.13 Å². The van der Waals surface area contributed by atoms with E-state index < -0.39 is 12.0 Å². The highest BCUT2D eigenvalue weighted by molar-refractivity contribution is 7.13. The standard InChI is InChI=1S/C20H14N4O4S/c25-18(26)12-1-6-16-15(11-12)17(7-8-21-16)28-14-4-2-13(3-5-14)23-19(27)24-20-22-9-10-29-20/h1-11H,(H,25,26)(H2,22,23,24,27). The average Bonchev–Trinajstić information content (AvgIpc) is 3.22. The average molecular weight is 406 g/mol. The van der Waals surface area contributed by atoms with Gasteiger partial charge in [0.25, 0.3) is 0 Å². The van der Waals surface area contributed by atoms with Gasteiger partial charge in [-0.1, -0.05) is 0 Å². The third-order valence-electron chi connectivity index (χ3n) is 3.94. The summed E-state index contributed by atoms with van der Waals surface area (Å²) in [6.07, 6.45) is 3.20. The van der Waals surface area contributed by atoms with Crippen molar-refractivity contribution in [3.63, 3.8) is 0 Å².